The molecule has 1 aliphatic rings. The average Bonchev–Trinajstić information content (AvgIpc) is 2.85. The highest BCUT2D eigenvalue weighted by Gasteiger charge is 2.21. The van der Waals surface area contributed by atoms with Crippen LogP contribution in [-0.4, -0.2) is 27.6 Å². The van der Waals surface area contributed by atoms with Crippen LogP contribution in [0.4, 0.5) is 17.6 Å². The highest BCUT2D eigenvalue weighted by atomic mass is 16.1. The first-order valence-electron chi connectivity index (χ1n) is 11.0. The van der Waals surface area contributed by atoms with Gasteiger partial charge in [0, 0.05) is 31.9 Å². The van der Waals surface area contributed by atoms with Crippen molar-refractivity contribution in [1.29, 1.82) is 0 Å². The van der Waals surface area contributed by atoms with E-state index in [2.05, 4.69) is 33.4 Å². The molecule has 1 aliphatic heterocycles. The number of rotatable bonds is 6. The standard InChI is InChI=1S/C26H25N5O/c32-25-19-22(21-10-5-2-6-11-21)18-24-30(16-7-17-31(24)25)23-13-15-28-26(29-23)27-14-12-20-8-3-1-4-9-20/h1-6,8-11,13,15,18-19H,7,12,14,16-17H2,(H,27,28,29). The molecular formula is C26H25N5O. The van der Waals surface area contributed by atoms with Crippen LogP contribution in [0.5, 0.6) is 0 Å². The maximum Gasteiger partial charge on any atom is 0.252 e. The van der Waals surface area contributed by atoms with Crippen molar-refractivity contribution < 1.29 is 0 Å². The van der Waals surface area contributed by atoms with E-state index in [0.717, 1.165) is 48.7 Å². The van der Waals surface area contributed by atoms with Crippen LogP contribution < -0.4 is 15.8 Å². The molecule has 2 aromatic heterocycles. The molecule has 0 amide bonds. The number of fused-ring (bicyclic) bond motifs is 1. The predicted molar refractivity (Wildman–Crippen MR) is 128 cm³/mol. The van der Waals surface area contributed by atoms with Gasteiger partial charge in [-0.15, -0.1) is 0 Å². The van der Waals surface area contributed by atoms with Gasteiger partial charge in [-0.1, -0.05) is 60.7 Å². The largest absolute Gasteiger partial charge is 0.354 e. The van der Waals surface area contributed by atoms with Gasteiger partial charge in [-0.05, 0) is 41.7 Å². The number of nitrogens with zero attached hydrogens (tertiary/aromatic N) is 4. The molecule has 4 aromatic rings. The number of aromatic nitrogens is 3. The molecule has 0 atom stereocenters. The molecule has 0 spiro atoms. The Morgan fingerprint density at radius 1 is 0.875 bits per heavy atom. The minimum atomic E-state index is 0.0151. The van der Waals surface area contributed by atoms with Gasteiger partial charge in [0.25, 0.3) is 5.56 Å². The molecule has 0 saturated carbocycles. The molecule has 0 fully saturated rings. The number of anilines is 3. The van der Waals surface area contributed by atoms with Crippen molar-refractivity contribution in [2.24, 2.45) is 0 Å². The Labute approximate surface area is 187 Å². The fourth-order valence-corrected chi connectivity index (χ4v) is 4.11. The van der Waals surface area contributed by atoms with E-state index >= 15 is 0 Å². The number of hydrogen-bond donors (Lipinski definition) is 1. The van der Waals surface area contributed by atoms with E-state index in [4.69, 9.17) is 4.98 Å². The van der Waals surface area contributed by atoms with Gasteiger partial charge in [0.15, 0.2) is 0 Å². The number of pyridine rings is 1. The molecule has 0 unspecified atom stereocenters. The Bertz CT molecular complexity index is 1250. The smallest absolute Gasteiger partial charge is 0.252 e. The van der Waals surface area contributed by atoms with Crippen molar-refractivity contribution in [3.8, 4) is 11.1 Å². The van der Waals surface area contributed by atoms with Gasteiger partial charge in [-0.25, -0.2) is 4.98 Å². The van der Waals surface area contributed by atoms with Crippen LogP contribution in [0, 0.1) is 0 Å². The van der Waals surface area contributed by atoms with Gasteiger partial charge in [-0.3, -0.25) is 9.36 Å². The van der Waals surface area contributed by atoms with Gasteiger partial charge in [-0.2, -0.15) is 4.98 Å². The molecule has 6 nitrogen and oxygen atoms in total. The lowest BCUT2D eigenvalue weighted by Crippen LogP contribution is -2.35. The van der Waals surface area contributed by atoms with Gasteiger partial charge < -0.3 is 10.2 Å². The molecule has 3 heterocycles. The highest BCUT2D eigenvalue weighted by molar-refractivity contribution is 5.69. The molecule has 0 saturated heterocycles. The first kappa shape index (κ1) is 20.0. The average molecular weight is 424 g/mol. The lowest BCUT2D eigenvalue weighted by atomic mass is 10.1. The second-order valence-electron chi connectivity index (χ2n) is 7.86. The highest BCUT2D eigenvalue weighted by Crippen LogP contribution is 2.30. The molecule has 0 aliphatic carbocycles. The van der Waals surface area contributed by atoms with Gasteiger partial charge in [0.1, 0.15) is 11.6 Å². The zero-order valence-electron chi connectivity index (χ0n) is 17.8. The van der Waals surface area contributed by atoms with E-state index in [-0.39, 0.29) is 5.56 Å². The molecule has 2 aromatic carbocycles. The summed E-state index contributed by atoms with van der Waals surface area (Å²) in [5, 5.41) is 3.33. The van der Waals surface area contributed by atoms with Crippen molar-refractivity contribution in [1.82, 2.24) is 14.5 Å². The molecule has 1 N–H and O–H groups in total. The van der Waals surface area contributed by atoms with E-state index in [1.165, 1.54) is 5.56 Å². The minimum Gasteiger partial charge on any atom is -0.354 e. The molecule has 0 radical (unpaired) electrons. The molecule has 6 heteroatoms. The summed E-state index contributed by atoms with van der Waals surface area (Å²) in [7, 11) is 0. The maximum atomic E-state index is 12.9. The van der Waals surface area contributed by atoms with Gasteiger partial charge in [0.05, 0.1) is 0 Å². The molecular weight excluding hydrogens is 398 g/mol. The van der Waals surface area contributed by atoms with Gasteiger partial charge >= 0.3 is 0 Å². The Balaban J connectivity index is 1.41. The third-order valence-corrected chi connectivity index (χ3v) is 5.71. The molecule has 32 heavy (non-hydrogen) atoms. The fraction of sp³-hybridized carbons (Fsp3) is 0.192. The van der Waals surface area contributed by atoms with Crippen molar-refractivity contribution in [2.75, 3.05) is 23.3 Å². The monoisotopic (exact) mass is 423 g/mol. The van der Waals surface area contributed by atoms with Crippen LogP contribution in [0.1, 0.15) is 12.0 Å². The molecule has 0 bridgehead atoms. The van der Waals surface area contributed by atoms with E-state index in [1.807, 2.05) is 59.2 Å². The van der Waals surface area contributed by atoms with E-state index in [9.17, 15) is 4.79 Å². The third kappa shape index (κ3) is 4.25. The quantitative estimate of drug-likeness (QED) is 0.495. The summed E-state index contributed by atoms with van der Waals surface area (Å²) in [5.74, 6) is 2.26. The summed E-state index contributed by atoms with van der Waals surface area (Å²) < 4.78 is 1.83. The Kier molecular flexibility index (Phi) is 5.66. The Morgan fingerprint density at radius 3 is 2.47 bits per heavy atom. The van der Waals surface area contributed by atoms with Crippen LogP contribution in [0.15, 0.2) is 89.9 Å². The zero-order valence-corrected chi connectivity index (χ0v) is 17.8. The lowest BCUT2D eigenvalue weighted by Gasteiger charge is -2.31. The molecule has 160 valence electrons. The lowest BCUT2D eigenvalue weighted by molar-refractivity contribution is 0.574. The summed E-state index contributed by atoms with van der Waals surface area (Å²) in [5.41, 5.74) is 3.24. The maximum absolute atomic E-state index is 12.9. The SMILES string of the molecule is O=c1cc(-c2ccccc2)cc2n1CCCN2c1ccnc(NCCc2ccccc2)n1. The van der Waals surface area contributed by atoms with E-state index < -0.39 is 0 Å². The minimum absolute atomic E-state index is 0.0151. The topological polar surface area (TPSA) is 63.1 Å². The van der Waals surface area contributed by atoms with Crippen molar-refractivity contribution in [3.63, 3.8) is 0 Å². The number of benzene rings is 2. The zero-order chi connectivity index (χ0) is 21.8. The first-order valence-corrected chi connectivity index (χ1v) is 11.0. The second kappa shape index (κ2) is 9.06. The van der Waals surface area contributed by atoms with Crippen LogP contribution in [0.25, 0.3) is 11.1 Å². The second-order valence-corrected chi connectivity index (χ2v) is 7.86. The fourth-order valence-electron chi connectivity index (χ4n) is 4.11. The van der Waals surface area contributed by atoms with Crippen molar-refractivity contribution in [3.05, 3.63) is 101 Å². The summed E-state index contributed by atoms with van der Waals surface area (Å²) in [6.45, 7) is 2.27. The summed E-state index contributed by atoms with van der Waals surface area (Å²) in [6, 6.07) is 26.1. The Morgan fingerprint density at radius 2 is 1.66 bits per heavy atom. The van der Waals surface area contributed by atoms with E-state index in [1.54, 1.807) is 12.3 Å². The number of nitrogens with one attached hydrogen (secondary N) is 1. The Hall–Kier alpha value is -3.93. The summed E-state index contributed by atoms with van der Waals surface area (Å²) in [6.07, 6.45) is 3.56. The van der Waals surface area contributed by atoms with Crippen LogP contribution in [0.3, 0.4) is 0 Å². The number of hydrogen-bond acceptors (Lipinski definition) is 5. The van der Waals surface area contributed by atoms with Crippen molar-refractivity contribution in [2.45, 2.75) is 19.4 Å². The first-order chi connectivity index (χ1) is 15.8. The van der Waals surface area contributed by atoms with Crippen molar-refractivity contribution >= 4 is 17.6 Å². The summed E-state index contributed by atoms with van der Waals surface area (Å²) in [4.78, 5) is 24.1. The van der Waals surface area contributed by atoms with Crippen LogP contribution in [-0.2, 0) is 13.0 Å². The van der Waals surface area contributed by atoms with Gasteiger partial charge in [0.2, 0.25) is 5.95 Å². The normalized spacial score (nSPS) is 12.9. The van der Waals surface area contributed by atoms with E-state index in [0.29, 0.717) is 12.5 Å². The predicted octanol–water partition coefficient (Wildman–Crippen LogP) is 4.50. The van der Waals surface area contributed by atoms with Crippen LogP contribution in [0.2, 0.25) is 0 Å². The summed E-state index contributed by atoms with van der Waals surface area (Å²) >= 11 is 0. The molecule has 5 rings (SSSR count). The third-order valence-electron chi connectivity index (χ3n) is 5.71. The van der Waals surface area contributed by atoms with Crippen LogP contribution >= 0.6 is 0 Å².